The van der Waals surface area contributed by atoms with E-state index in [1.165, 1.54) is 18.4 Å². The molecule has 6 nitrogen and oxygen atoms in total. The summed E-state index contributed by atoms with van der Waals surface area (Å²) in [6, 6.07) is 7.94. The number of hydrogen-bond acceptors (Lipinski definition) is 6. The van der Waals surface area contributed by atoms with Crippen molar-refractivity contribution in [3.05, 3.63) is 45.7 Å². The third kappa shape index (κ3) is 5.65. The van der Waals surface area contributed by atoms with E-state index in [1.807, 2.05) is 23.6 Å². The summed E-state index contributed by atoms with van der Waals surface area (Å²) >= 11 is 4.88. The lowest BCUT2D eigenvalue weighted by Gasteiger charge is -2.17. The molecule has 9 heteroatoms. The Morgan fingerprint density at radius 1 is 1.31 bits per heavy atom. The van der Waals surface area contributed by atoms with Gasteiger partial charge < -0.3 is 10.1 Å². The molecule has 2 aromatic rings. The fourth-order valence-corrected chi connectivity index (χ4v) is 4.09. The average Bonchev–Trinajstić information content (AvgIpc) is 3.11. The SMILES string of the molecule is COC(=O)C(CCS(C)(=O)=O)NC(=O)c1ccc(Br)cc1-c1cccs1. The molecule has 140 valence electrons. The fraction of sp³-hybridized carbons (Fsp3) is 0.294. The number of nitrogens with one attached hydrogen (secondary N) is 1. The molecule has 1 aromatic heterocycles. The number of carbonyl (C=O) groups is 2. The minimum Gasteiger partial charge on any atom is -0.467 e. The van der Waals surface area contributed by atoms with Crippen LogP contribution in [-0.2, 0) is 19.4 Å². The number of rotatable bonds is 7. The minimum absolute atomic E-state index is 0.0535. The van der Waals surface area contributed by atoms with Crippen molar-refractivity contribution in [3.63, 3.8) is 0 Å². The normalized spacial score (nSPS) is 12.4. The molecule has 1 amide bonds. The highest BCUT2D eigenvalue weighted by molar-refractivity contribution is 9.10. The summed E-state index contributed by atoms with van der Waals surface area (Å²) in [4.78, 5) is 25.6. The van der Waals surface area contributed by atoms with Crippen LogP contribution in [0, 0.1) is 0 Å². The Bertz CT molecular complexity index is 894. The first-order valence-electron chi connectivity index (χ1n) is 7.61. The van der Waals surface area contributed by atoms with E-state index in [4.69, 9.17) is 0 Å². The van der Waals surface area contributed by atoms with Crippen LogP contribution in [0.4, 0.5) is 0 Å². The zero-order valence-electron chi connectivity index (χ0n) is 14.2. The van der Waals surface area contributed by atoms with Crippen LogP contribution in [0.25, 0.3) is 10.4 Å². The van der Waals surface area contributed by atoms with Gasteiger partial charge in [0, 0.05) is 26.7 Å². The van der Waals surface area contributed by atoms with E-state index in [9.17, 15) is 18.0 Å². The maximum atomic E-state index is 12.7. The van der Waals surface area contributed by atoms with E-state index in [1.54, 1.807) is 12.1 Å². The monoisotopic (exact) mass is 459 g/mol. The van der Waals surface area contributed by atoms with Crippen LogP contribution in [0.5, 0.6) is 0 Å². The zero-order valence-corrected chi connectivity index (χ0v) is 17.4. The molecule has 0 bridgehead atoms. The first-order chi connectivity index (χ1) is 12.2. The van der Waals surface area contributed by atoms with E-state index >= 15 is 0 Å². The van der Waals surface area contributed by atoms with Gasteiger partial charge in [0.25, 0.3) is 5.91 Å². The Hall–Kier alpha value is -1.71. The molecule has 1 N–H and O–H groups in total. The van der Waals surface area contributed by atoms with Gasteiger partial charge >= 0.3 is 5.97 Å². The number of amides is 1. The standard InChI is InChI=1S/C17H18BrNO5S2/c1-24-17(21)14(7-9-26(2,22)23)19-16(20)12-6-5-11(18)10-13(12)15-4-3-8-25-15/h3-6,8,10,14H,7,9H2,1-2H3,(H,19,20). The van der Waals surface area contributed by atoms with E-state index < -0.39 is 27.8 Å². The highest BCUT2D eigenvalue weighted by Gasteiger charge is 2.25. The van der Waals surface area contributed by atoms with Gasteiger partial charge in [0.15, 0.2) is 0 Å². The summed E-state index contributed by atoms with van der Waals surface area (Å²) < 4.78 is 28.3. The summed E-state index contributed by atoms with van der Waals surface area (Å²) in [5, 5.41) is 4.49. The number of methoxy groups -OCH3 is 1. The van der Waals surface area contributed by atoms with Crippen molar-refractivity contribution in [1.29, 1.82) is 0 Å². The number of esters is 1. The molecule has 26 heavy (non-hydrogen) atoms. The molecule has 0 radical (unpaired) electrons. The van der Waals surface area contributed by atoms with Crippen LogP contribution in [0.3, 0.4) is 0 Å². The third-order valence-corrected chi connectivity index (χ3v) is 5.95. The van der Waals surface area contributed by atoms with Crippen LogP contribution >= 0.6 is 27.3 Å². The summed E-state index contributed by atoms with van der Waals surface area (Å²) in [6.07, 6.45) is 1.02. The number of halogens is 1. The maximum Gasteiger partial charge on any atom is 0.328 e. The number of carbonyl (C=O) groups excluding carboxylic acids is 2. The van der Waals surface area contributed by atoms with E-state index in [-0.39, 0.29) is 12.2 Å². The predicted octanol–water partition coefficient (Wildman–Crippen LogP) is 2.88. The lowest BCUT2D eigenvalue weighted by atomic mass is 10.0. The van der Waals surface area contributed by atoms with Crippen molar-refractivity contribution >= 4 is 49.0 Å². The molecule has 1 unspecified atom stereocenters. The van der Waals surface area contributed by atoms with Crippen molar-refractivity contribution in [2.24, 2.45) is 0 Å². The van der Waals surface area contributed by atoms with Gasteiger partial charge in [0.2, 0.25) is 0 Å². The number of benzene rings is 1. The van der Waals surface area contributed by atoms with E-state index in [2.05, 4.69) is 26.0 Å². The second-order valence-corrected chi connectivity index (χ2v) is 9.76. The van der Waals surface area contributed by atoms with Crippen molar-refractivity contribution in [2.45, 2.75) is 12.5 Å². The summed E-state index contributed by atoms with van der Waals surface area (Å²) in [5.41, 5.74) is 1.11. The lowest BCUT2D eigenvalue weighted by molar-refractivity contribution is -0.142. The molecule has 1 atom stereocenters. The van der Waals surface area contributed by atoms with Gasteiger partial charge in [-0.25, -0.2) is 13.2 Å². The smallest absolute Gasteiger partial charge is 0.328 e. The van der Waals surface area contributed by atoms with Crippen LogP contribution in [0.1, 0.15) is 16.8 Å². The highest BCUT2D eigenvalue weighted by Crippen LogP contribution is 2.30. The van der Waals surface area contributed by atoms with Crippen LogP contribution in [0.15, 0.2) is 40.2 Å². The van der Waals surface area contributed by atoms with Gasteiger partial charge in [-0.2, -0.15) is 0 Å². The second-order valence-electron chi connectivity index (χ2n) is 5.63. The van der Waals surface area contributed by atoms with Gasteiger partial charge in [0.1, 0.15) is 15.9 Å². The van der Waals surface area contributed by atoms with Gasteiger partial charge in [-0.15, -0.1) is 11.3 Å². The molecule has 0 saturated heterocycles. The van der Waals surface area contributed by atoms with Gasteiger partial charge in [-0.1, -0.05) is 22.0 Å². The van der Waals surface area contributed by atoms with E-state index in [0.717, 1.165) is 21.2 Å². The summed E-state index contributed by atoms with van der Waals surface area (Å²) in [7, 11) is -2.08. The van der Waals surface area contributed by atoms with Crippen molar-refractivity contribution in [1.82, 2.24) is 5.32 Å². The van der Waals surface area contributed by atoms with Crippen LogP contribution < -0.4 is 5.32 Å². The number of ether oxygens (including phenoxy) is 1. The first-order valence-corrected chi connectivity index (χ1v) is 11.3. The molecule has 0 fully saturated rings. The molecule has 1 aromatic carbocycles. The van der Waals surface area contributed by atoms with Crippen molar-refractivity contribution in [2.75, 3.05) is 19.1 Å². The third-order valence-electron chi connectivity index (χ3n) is 3.58. The quantitative estimate of drug-likeness (QED) is 0.642. The van der Waals surface area contributed by atoms with E-state index in [0.29, 0.717) is 5.56 Å². The Balaban J connectivity index is 2.28. The van der Waals surface area contributed by atoms with Gasteiger partial charge in [-0.3, -0.25) is 4.79 Å². The Kier molecular flexibility index (Phi) is 6.96. The number of sulfone groups is 1. The number of thiophene rings is 1. The lowest BCUT2D eigenvalue weighted by Crippen LogP contribution is -2.42. The largest absolute Gasteiger partial charge is 0.467 e. The van der Waals surface area contributed by atoms with Crippen molar-refractivity contribution < 1.29 is 22.7 Å². The summed E-state index contributed by atoms with van der Waals surface area (Å²) in [5.74, 6) is -1.38. The maximum absolute atomic E-state index is 12.7. The molecule has 0 aliphatic rings. The number of hydrogen-bond donors (Lipinski definition) is 1. The molecule has 0 aliphatic heterocycles. The molecular formula is C17H18BrNO5S2. The molecule has 2 rings (SSSR count). The Morgan fingerprint density at radius 2 is 2.04 bits per heavy atom. The highest BCUT2D eigenvalue weighted by atomic mass is 79.9. The molecular weight excluding hydrogens is 442 g/mol. The molecule has 1 heterocycles. The van der Waals surface area contributed by atoms with Crippen LogP contribution in [0.2, 0.25) is 0 Å². The van der Waals surface area contributed by atoms with Gasteiger partial charge in [-0.05, 0) is 36.1 Å². The molecule has 0 aliphatic carbocycles. The first kappa shape index (κ1) is 20.6. The fourth-order valence-electron chi connectivity index (χ4n) is 2.31. The predicted molar refractivity (Wildman–Crippen MR) is 105 cm³/mol. The topological polar surface area (TPSA) is 89.5 Å². The van der Waals surface area contributed by atoms with Crippen molar-refractivity contribution in [3.8, 4) is 10.4 Å². The Morgan fingerprint density at radius 3 is 2.62 bits per heavy atom. The summed E-state index contributed by atoms with van der Waals surface area (Å²) in [6.45, 7) is 0. The molecule has 0 spiro atoms. The van der Waals surface area contributed by atoms with Crippen LogP contribution in [-0.4, -0.2) is 45.5 Å². The second kappa shape index (κ2) is 8.79. The Labute approximate surface area is 164 Å². The molecule has 0 saturated carbocycles. The van der Waals surface area contributed by atoms with Gasteiger partial charge in [0.05, 0.1) is 12.9 Å². The zero-order chi connectivity index (χ0) is 19.3. The minimum atomic E-state index is -3.27. The average molecular weight is 460 g/mol.